The average Bonchev–Trinajstić information content (AvgIpc) is 2.74. The van der Waals surface area contributed by atoms with Gasteiger partial charge in [-0.3, -0.25) is 4.79 Å². The molecule has 3 nitrogen and oxygen atoms in total. The number of benzene rings is 1. The van der Waals surface area contributed by atoms with E-state index in [0.29, 0.717) is 5.56 Å². The summed E-state index contributed by atoms with van der Waals surface area (Å²) in [7, 11) is 0. The molecule has 0 aromatic heterocycles. The van der Waals surface area contributed by atoms with Crippen molar-refractivity contribution < 1.29 is 14.7 Å². The lowest BCUT2D eigenvalue weighted by molar-refractivity contribution is -0.132. The quantitative estimate of drug-likeness (QED) is 0.142. The van der Waals surface area contributed by atoms with Gasteiger partial charge in [0, 0.05) is 17.6 Å². The van der Waals surface area contributed by atoms with E-state index in [9.17, 15) is 9.59 Å². The van der Waals surface area contributed by atoms with Gasteiger partial charge in [0.1, 0.15) is 0 Å². The minimum absolute atomic E-state index is 0.0634. The summed E-state index contributed by atoms with van der Waals surface area (Å²) >= 11 is 0. The van der Waals surface area contributed by atoms with Crippen molar-refractivity contribution in [3.63, 3.8) is 0 Å². The van der Waals surface area contributed by atoms with Crippen molar-refractivity contribution in [3.05, 3.63) is 47.5 Å². The maximum Gasteiger partial charge on any atom is 0.331 e. The molecule has 0 aliphatic carbocycles. The maximum atomic E-state index is 12.0. The Morgan fingerprint density at radius 2 is 1.17 bits per heavy atom. The average molecular weight is 415 g/mol. The number of hydrogen-bond donors (Lipinski definition) is 1. The van der Waals surface area contributed by atoms with Crippen LogP contribution in [0.4, 0.5) is 0 Å². The van der Waals surface area contributed by atoms with Gasteiger partial charge in [-0.2, -0.15) is 0 Å². The lowest BCUT2D eigenvalue weighted by atomic mass is 10.00. The fourth-order valence-corrected chi connectivity index (χ4v) is 3.75. The van der Waals surface area contributed by atoms with Crippen LogP contribution in [0, 0.1) is 0 Å². The van der Waals surface area contributed by atoms with Crippen LogP contribution >= 0.6 is 0 Å². The summed E-state index contributed by atoms with van der Waals surface area (Å²) in [4.78, 5) is 22.8. The van der Waals surface area contributed by atoms with Crippen molar-refractivity contribution in [3.8, 4) is 0 Å². The zero-order valence-electron chi connectivity index (χ0n) is 19.1. The molecule has 0 amide bonds. The van der Waals surface area contributed by atoms with E-state index < -0.39 is 5.97 Å². The molecule has 0 radical (unpaired) electrons. The van der Waals surface area contributed by atoms with Crippen LogP contribution in [0.15, 0.2) is 36.4 Å². The SMILES string of the molecule is C=C(CC(=O)c1ccc(CCCCCCCCCCCCCCCC)cc1)C(=O)O. The first kappa shape index (κ1) is 26.1. The molecule has 1 aromatic rings. The van der Waals surface area contributed by atoms with Crippen LogP contribution in [0.25, 0.3) is 0 Å². The van der Waals surface area contributed by atoms with Crippen LogP contribution in [0.1, 0.15) is 119 Å². The van der Waals surface area contributed by atoms with Crippen molar-refractivity contribution in [1.29, 1.82) is 0 Å². The fraction of sp³-hybridized carbons (Fsp3) is 0.630. The van der Waals surface area contributed by atoms with E-state index in [1.807, 2.05) is 12.1 Å². The second-order valence-electron chi connectivity index (χ2n) is 8.55. The van der Waals surface area contributed by atoms with Crippen LogP contribution in [-0.2, 0) is 11.2 Å². The first-order valence-corrected chi connectivity index (χ1v) is 12.1. The predicted molar refractivity (Wildman–Crippen MR) is 126 cm³/mol. The molecule has 0 aliphatic rings. The molecule has 0 atom stereocenters. The molecule has 0 unspecified atom stereocenters. The molecule has 1 aromatic carbocycles. The second kappa shape index (κ2) is 16.8. The monoisotopic (exact) mass is 414 g/mol. The number of ketones is 1. The van der Waals surface area contributed by atoms with Gasteiger partial charge in [-0.25, -0.2) is 4.79 Å². The molecule has 0 heterocycles. The molecular weight excluding hydrogens is 372 g/mol. The Bertz CT molecular complexity index is 616. The molecular formula is C27H42O3. The number of unbranched alkanes of at least 4 members (excludes halogenated alkanes) is 13. The molecule has 0 aliphatic heterocycles. The van der Waals surface area contributed by atoms with Crippen LogP contribution in [0.3, 0.4) is 0 Å². The van der Waals surface area contributed by atoms with Gasteiger partial charge >= 0.3 is 5.97 Å². The summed E-state index contributed by atoms with van der Waals surface area (Å²) in [5, 5.41) is 8.83. The maximum absolute atomic E-state index is 12.0. The molecule has 1 N–H and O–H groups in total. The minimum atomic E-state index is -1.11. The third kappa shape index (κ3) is 12.6. The number of carboxylic acids is 1. The molecule has 168 valence electrons. The van der Waals surface area contributed by atoms with Crippen LogP contribution < -0.4 is 0 Å². The Labute approximate surface area is 184 Å². The molecule has 3 heteroatoms. The smallest absolute Gasteiger partial charge is 0.331 e. The minimum Gasteiger partial charge on any atom is -0.478 e. The lowest BCUT2D eigenvalue weighted by Crippen LogP contribution is -2.06. The van der Waals surface area contributed by atoms with Crippen molar-refractivity contribution >= 4 is 11.8 Å². The molecule has 1 rings (SSSR count). The molecule has 0 bridgehead atoms. The third-order valence-corrected chi connectivity index (χ3v) is 5.77. The summed E-state index contributed by atoms with van der Waals surface area (Å²) in [6, 6.07) is 7.57. The predicted octanol–water partition coefficient (Wildman–Crippen LogP) is 7.92. The van der Waals surface area contributed by atoms with Crippen LogP contribution in [0.5, 0.6) is 0 Å². The van der Waals surface area contributed by atoms with Crippen LogP contribution in [-0.4, -0.2) is 16.9 Å². The first-order valence-electron chi connectivity index (χ1n) is 12.1. The molecule has 30 heavy (non-hydrogen) atoms. The standard InChI is InChI=1S/C27H42O3/c1-3-4-5-6-7-8-9-10-11-12-13-14-15-16-17-24-18-20-25(21-19-24)26(28)22-23(2)27(29)30/h18-21H,2-17,22H2,1H3,(H,29,30). The summed E-state index contributed by atoms with van der Waals surface area (Å²) in [5.74, 6) is -1.30. The largest absolute Gasteiger partial charge is 0.478 e. The van der Waals surface area contributed by atoms with E-state index in [-0.39, 0.29) is 17.8 Å². The zero-order valence-corrected chi connectivity index (χ0v) is 19.1. The number of carbonyl (C=O) groups excluding carboxylic acids is 1. The van der Waals surface area contributed by atoms with Gasteiger partial charge in [0.15, 0.2) is 5.78 Å². The Balaban J connectivity index is 2.01. The van der Waals surface area contributed by atoms with Crippen molar-refractivity contribution in [1.82, 2.24) is 0 Å². The van der Waals surface area contributed by atoms with Crippen molar-refractivity contribution in [2.75, 3.05) is 0 Å². The van der Waals surface area contributed by atoms with Crippen molar-refractivity contribution in [2.45, 2.75) is 110 Å². The zero-order chi connectivity index (χ0) is 22.0. The third-order valence-electron chi connectivity index (χ3n) is 5.77. The van der Waals surface area contributed by atoms with E-state index in [1.54, 1.807) is 12.1 Å². The Morgan fingerprint density at radius 1 is 0.733 bits per heavy atom. The second-order valence-corrected chi connectivity index (χ2v) is 8.55. The number of aryl methyl sites for hydroxylation is 1. The van der Waals surface area contributed by atoms with Gasteiger partial charge in [-0.1, -0.05) is 121 Å². The Kier molecular flexibility index (Phi) is 14.7. The van der Waals surface area contributed by atoms with Gasteiger partial charge in [0.2, 0.25) is 0 Å². The fourth-order valence-electron chi connectivity index (χ4n) is 3.75. The number of carboxylic acid groups (broad SMARTS) is 1. The highest BCUT2D eigenvalue weighted by atomic mass is 16.4. The van der Waals surface area contributed by atoms with E-state index in [1.165, 1.54) is 95.5 Å². The molecule has 0 saturated heterocycles. The van der Waals surface area contributed by atoms with Crippen LogP contribution in [0.2, 0.25) is 0 Å². The number of aliphatic carboxylic acids is 1. The number of carbonyl (C=O) groups is 2. The van der Waals surface area contributed by atoms with Gasteiger partial charge in [0.05, 0.1) is 0 Å². The Morgan fingerprint density at radius 3 is 1.60 bits per heavy atom. The summed E-state index contributed by atoms with van der Waals surface area (Å²) in [5.41, 5.74) is 1.73. The van der Waals surface area contributed by atoms with Gasteiger partial charge in [0.25, 0.3) is 0 Å². The molecule has 0 saturated carbocycles. The first-order chi connectivity index (χ1) is 14.5. The molecule has 0 fully saturated rings. The van der Waals surface area contributed by atoms with E-state index in [0.717, 1.165) is 6.42 Å². The van der Waals surface area contributed by atoms with Gasteiger partial charge in [-0.05, 0) is 18.4 Å². The van der Waals surface area contributed by atoms with E-state index in [4.69, 9.17) is 5.11 Å². The highest BCUT2D eigenvalue weighted by molar-refractivity contribution is 6.02. The normalized spacial score (nSPS) is 10.8. The van der Waals surface area contributed by atoms with Gasteiger partial charge in [-0.15, -0.1) is 0 Å². The van der Waals surface area contributed by atoms with Gasteiger partial charge < -0.3 is 5.11 Å². The molecule has 0 spiro atoms. The Hall–Kier alpha value is -1.90. The number of Topliss-reactive ketones (excluding diaryl/α,β-unsaturated/α-hetero) is 1. The van der Waals surface area contributed by atoms with E-state index >= 15 is 0 Å². The summed E-state index contributed by atoms with van der Waals surface area (Å²) in [6.07, 6.45) is 20.0. The topological polar surface area (TPSA) is 54.4 Å². The highest BCUT2D eigenvalue weighted by Gasteiger charge is 2.12. The van der Waals surface area contributed by atoms with Crippen molar-refractivity contribution in [2.24, 2.45) is 0 Å². The highest BCUT2D eigenvalue weighted by Crippen LogP contribution is 2.15. The number of hydrogen-bond acceptors (Lipinski definition) is 2. The lowest BCUT2D eigenvalue weighted by Gasteiger charge is -2.05. The summed E-state index contributed by atoms with van der Waals surface area (Å²) in [6.45, 7) is 5.69. The number of rotatable bonds is 19. The van der Waals surface area contributed by atoms with E-state index in [2.05, 4.69) is 13.5 Å². The summed E-state index contributed by atoms with van der Waals surface area (Å²) < 4.78 is 0.